The van der Waals surface area contributed by atoms with Gasteiger partial charge < -0.3 is 14.9 Å². The Labute approximate surface area is 182 Å². The average molecular weight is 431 g/mol. The van der Waals surface area contributed by atoms with Crippen LogP contribution >= 0.6 is 0 Å². The van der Waals surface area contributed by atoms with E-state index in [1.165, 1.54) is 10.1 Å². The number of nitrogen functional groups attached to an aromatic ring is 1. The molecule has 0 radical (unpaired) electrons. The van der Waals surface area contributed by atoms with Crippen molar-refractivity contribution in [2.75, 3.05) is 25.9 Å². The van der Waals surface area contributed by atoms with Crippen molar-refractivity contribution in [1.29, 1.82) is 0 Å². The highest BCUT2D eigenvalue weighted by Crippen LogP contribution is 2.24. The lowest BCUT2D eigenvalue weighted by Gasteiger charge is -2.28. The van der Waals surface area contributed by atoms with Crippen LogP contribution in [0.3, 0.4) is 0 Å². The van der Waals surface area contributed by atoms with Crippen molar-refractivity contribution in [3.05, 3.63) is 48.1 Å². The van der Waals surface area contributed by atoms with Gasteiger partial charge in [0.2, 0.25) is 11.8 Å². The van der Waals surface area contributed by atoms with E-state index in [1.807, 2.05) is 4.68 Å². The van der Waals surface area contributed by atoms with E-state index in [0.29, 0.717) is 29.4 Å². The number of hydrogen-bond donors (Lipinski definition) is 1. The van der Waals surface area contributed by atoms with E-state index in [1.54, 1.807) is 37.9 Å². The van der Waals surface area contributed by atoms with Crippen LogP contribution in [0.15, 0.2) is 41.3 Å². The van der Waals surface area contributed by atoms with E-state index >= 15 is 0 Å². The molecule has 5 aromatic heterocycles. The van der Waals surface area contributed by atoms with Crippen LogP contribution in [-0.2, 0) is 19.5 Å². The van der Waals surface area contributed by atoms with Crippen molar-refractivity contribution in [2.24, 2.45) is 0 Å². The normalized spacial score (nSPS) is 14.3. The first-order valence-electron chi connectivity index (χ1n) is 10.4. The molecule has 162 valence electrons. The lowest BCUT2D eigenvalue weighted by atomic mass is 10.1. The molecule has 0 saturated carbocycles. The Bertz CT molecular complexity index is 1420. The van der Waals surface area contributed by atoms with Gasteiger partial charge >= 0.3 is 0 Å². The second-order valence-corrected chi connectivity index (χ2v) is 7.73. The van der Waals surface area contributed by atoms with Crippen molar-refractivity contribution in [3.8, 4) is 17.3 Å². The summed E-state index contributed by atoms with van der Waals surface area (Å²) in [5, 5.41) is 9.78. The van der Waals surface area contributed by atoms with Crippen molar-refractivity contribution < 1.29 is 9.15 Å². The minimum Gasteiger partial charge on any atom is -0.495 e. The second-order valence-electron chi connectivity index (χ2n) is 7.73. The molecule has 32 heavy (non-hydrogen) atoms. The Hall–Kier alpha value is -3.99. The van der Waals surface area contributed by atoms with Gasteiger partial charge in [-0.05, 0) is 23.8 Å². The summed E-state index contributed by atoms with van der Waals surface area (Å²) in [5.41, 5.74) is 9.83. The summed E-state index contributed by atoms with van der Waals surface area (Å²) in [7, 11) is 1.66. The fourth-order valence-corrected chi connectivity index (χ4v) is 4.13. The molecule has 0 unspecified atom stereocenters. The Morgan fingerprint density at radius 2 is 2.12 bits per heavy atom. The number of anilines is 1. The van der Waals surface area contributed by atoms with E-state index in [9.17, 15) is 0 Å². The first-order valence-corrected chi connectivity index (χ1v) is 10.4. The molecule has 0 saturated heterocycles. The van der Waals surface area contributed by atoms with Crippen LogP contribution in [0.1, 0.15) is 11.3 Å². The molecule has 1 aliphatic rings. The van der Waals surface area contributed by atoms with E-state index < -0.39 is 0 Å². The standard InChI is InChI=1S/C21H21N9O2/c1-31-14-9-13-12-28(5-4-16(13)23-10-14)6-7-29-19-15(11-24-29)20-25-18(17-3-2-8-32-17)27-30(20)21(22)26-19/h2-3,8-11H,4-7,12H2,1H3,(H2,22,26). The van der Waals surface area contributed by atoms with Gasteiger partial charge in [-0.1, -0.05) is 0 Å². The molecule has 6 heterocycles. The molecule has 11 heteroatoms. The Balaban J connectivity index is 1.26. The number of hydrogen-bond acceptors (Lipinski definition) is 9. The molecule has 0 aliphatic carbocycles. The van der Waals surface area contributed by atoms with Gasteiger partial charge in [-0.15, -0.1) is 5.10 Å². The minimum absolute atomic E-state index is 0.254. The number of nitrogens with zero attached hydrogens (tertiary/aromatic N) is 8. The number of fused-ring (bicyclic) bond motifs is 4. The predicted octanol–water partition coefficient (Wildman–Crippen LogP) is 1.78. The molecule has 0 amide bonds. The molecule has 0 fully saturated rings. The van der Waals surface area contributed by atoms with Crippen molar-refractivity contribution in [1.82, 2.24) is 39.2 Å². The van der Waals surface area contributed by atoms with Crippen molar-refractivity contribution >= 4 is 22.6 Å². The molecule has 0 atom stereocenters. The summed E-state index contributed by atoms with van der Waals surface area (Å²) in [6.45, 7) is 3.28. The van der Waals surface area contributed by atoms with Crippen LogP contribution in [0.2, 0.25) is 0 Å². The average Bonchev–Trinajstić information content (AvgIpc) is 3.56. The van der Waals surface area contributed by atoms with Crippen LogP contribution in [0.4, 0.5) is 5.95 Å². The van der Waals surface area contributed by atoms with Crippen LogP contribution in [-0.4, -0.2) is 59.4 Å². The summed E-state index contributed by atoms with van der Waals surface area (Å²) in [6.07, 6.45) is 6.04. The maximum atomic E-state index is 6.18. The third-order valence-corrected chi connectivity index (χ3v) is 5.80. The van der Waals surface area contributed by atoms with E-state index in [4.69, 9.17) is 14.9 Å². The SMILES string of the molecule is COc1cnc2c(c1)CN(CCn1ncc3c1nc(N)n1nc(-c4ccco4)nc31)CC2. The minimum atomic E-state index is 0.254. The van der Waals surface area contributed by atoms with E-state index in [0.717, 1.165) is 42.9 Å². The van der Waals surface area contributed by atoms with Crippen LogP contribution in [0.5, 0.6) is 5.75 Å². The zero-order valence-corrected chi connectivity index (χ0v) is 17.5. The number of aromatic nitrogens is 7. The van der Waals surface area contributed by atoms with Crippen LogP contribution < -0.4 is 10.5 Å². The molecule has 11 nitrogen and oxygen atoms in total. The first-order chi connectivity index (χ1) is 15.7. The van der Waals surface area contributed by atoms with E-state index in [-0.39, 0.29) is 5.95 Å². The van der Waals surface area contributed by atoms with Gasteiger partial charge in [0.25, 0.3) is 0 Å². The number of methoxy groups -OCH3 is 1. The molecule has 0 aromatic carbocycles. The highest BCUT2D eigenvalue weighted by molar-refractivity contribution is 5.90. The second kappa shape index (κ2) is 7.31. The molecule has 1 aliphatic heterocycles. The highest BCUT2D eigenvalue weighted by Gasteiger charge is 2.20. The molecular formula is C21H21N9O2. The fourth-order valence-electron chi connectivity index (χ4n) is 4.13. The van der Waals surface area contributed by atoms with Crippen LogP contribution in [0.25, 0.3) is 28.3 Å². The maximum absolute atomic E-state index is 6.18. The van der Waals surface area contributed by atoms with Gasteiger partial charge in [0, 0.05) is 31.7 Å². The van der Waals surface area contributed by atoms with Gasteiger partial charge in [0.1, 0.15) is 5.75 Å². The Kier molecular flexibility index (Phi) is 4.28. The maximum Gasteiger partial charge on any atom is 0.225 e. The molecule has 6 rings (SSSR count). The van der Waals surface area contributed by atoms with Crippen LogP contribution in [0, 0.1) is 0 Å². The number of nitrogens with two attached hydrogens (primary N) is 1. The lowest BCUT2D eigenvalue weighted by molar-refractivity contribution is 0.239. The van der Waals surface area contributed by atoms with Gasteiger partial charge in [-0.3, -0.25) is 9.88 Å². The Morgan fingerprint density at radius 1 is 1.19 bits per heavy atom. The molecular weight excluding hydrogens is 410 g/mol. The predicted molar refractivity (Wildman–Crippen MR) is 116 cm³/mol. The summed E-state index contributed by atoms with van der Waals surface area (Å²) < 4.78 is 14.1. The van der Waals surface area contributed by atoms with E-state index in [2.05, 4.69) is 36.1 Å². The monoisotopic (exact) mass is 431 g/mol. The summed E-state index contributed by atoms with van der Waals surface area (Å²) in [5.74, 6) is 2.07. The third-order valence-electron chi connectivity index (χ3n) is 5.80. The van der Waals surface area contributed by atoms with Crippen molar-refractivity contribution in [3.63, 3.8) is 0 Å². The fraction of sp³-hybridized carbons (Fsp3) is 0.286. The van der Waals surface area contributed by atoms with Gasteiger partial charge in [-0.2, -0.15) is 14.6 Å². The smallest absolute Gasteiger partial charge is 0.225 e. The molecule has 2 N–H and O–H groups in total. The highest BCUT2D eigenvalue weighted by atomic mass is 16.5. The summed E-state index contributed by atoms with van der Waals surface area (Å²) in [6, 6.07) is 5.67. The number of pyridine rings is 1. The largest absolute Gasteiger partial charge is 0.495 e. The number of rotatable bonds is 5. The molecule has 0 bridgehead atoms. The van der Waals surface area contributed by atoms with Gasteiger partial charge in [0.15, 0.2) is 17.1 Å². The molecule has 5 aromatic rings. The zero-order valence-electron chi connectivity index (χ0n) is 17.5. The topological polar surface area (TPSA) is 125 Å². The van der Waals surface area contributed by atoms with Gasteiger partial charge in [-0.25, -0.2) is 9.67 Å². The number of ether oxygens (including phenoxy) is 1. The first kappa shape index (κ1) is 18.8. The van der Waals surface area contributed by atoms with Crippen molar-refractivity contribution in [2.45, 2.75) is 19.5 Å². The Morgan fingerprint density at radius 3 is 2.97 bits per heavy atom. The quantitative estimate of drug-likeness (QED) is 0.443. The summed E-state index contributed by atoms with van der Waals surface area (Å²) >= 11 is 0. The lowest BCUT2D eigenvalue weighted by Crippen LogP contribution is -2.33. The number of furan rings is 1. The zero-order chi connectivity index (χ0) is 21.7. The third kappa shape index (κ3) is 3.05. The summed E-state index contributed by atoms with van der Waals surface area (Å²) in [4.78, 5) is 16.0. The van der Waals surface area contributed by atoms with Gasteiger partial charge in [0.05, 0.1) is 37.7 Å². The molecule has 0 spiro atoms.